The van der Waals surface area contributed by atoms with Gasteiger partial charge in [0.25, 0.3) is 0 Å². The van der Waals surface area contributed by atoms with Gasteiger partial charge in [0.2, 0.25) is 0 Å². The van der Waals surface area contributed by atoms with Gasteiger partial charge in [0.05, 0.1) is 0 Å². The van der Waals surface area contributed by atoms with Crippen LogP contribution in [-0.4, -0.2) is 56.6 Å². The molecule has 0 aromatic rings. The summed E-state index contributed by atoms with van der Waals surface area (Å²) in [5.74, 6) is 0. The Hall–Kier alpha value is -0.160. The Morgan fingerprint density at radius 2 is 1.71 bits per heavy atom. The van der Waals surface area contributed by atoms with Crippen molar-refractivity contribution in [2.75, 3.05) is 39.4 Å². The van der Waals surface area contributed by atoms with Crippen LogP contribution in [0.5, 0.6) is 0 Å². The Kier molecular flexibility index (Phi) is 7.77. The number of ether oxygens (including phenoxy) is 2. The maximum atomic E-state index is 5.50. The predicted octanol–water partition coefficient (Wildman–Crippen LogP) is 1.46. The lowest BCUT2D eigenvalue weighted by atomic mass is 10.3. The quantitative estimate of drug-likeness (QED) is 0.623. The maximum Gasteiger partial charge on any atom is 0.169 e. The monoisotopic (exact) mass is 244 g/mol. The van der Waals surface area contributed by atoms with Gasteiger partial charge in [-0.1, -0.05) is 0 Å². The lowest BCUT2D eigenvalue weighted by molar-refractivity contribution is -0.133. The molecule has 102 valence electrons. The van der Waals surface area contributed by atoms with Crippen LogP contribution in [0.2, 0.25) is 0 Å². The van der Waals surface area contributed by atoms with E-state index >= 15 is 0 Å². The Morgan fingerprint density at radius 1 is 1.12 bits per heavy atom. The summed E-state index contributed by atoms with van der Waals surface area (Å²) in [5.41, 5.74) is 0. The number of likely N-dealkylation sites (tertiary alicyclic amines) is 1. The van der Waals surface area contributed by atoms with Gasteiger partial charge in [0, 0.05) is 32.3 Å². The summed E-state index contributed by atoms with van der Waals surface area (Å²) in [4.78, 5) is 2.52. The van der Waals surface area contributed by atoms with Gasteiger partial charge >= 0.3 is 0 Å². The minimum absolute atomic E-state index is 0.106. The summed E-state index contributed by atoms with van der Waals surface area (Å²) in [5, 5.41) is 3.49. The topological polar surface area (TPSA) is 33.7 Å². The molecule has 1 fully saturated rings. The minimum Gasteiger partial charge on any atom is -0.352 e. The molecule has 1 aliphatic rings. The molecule has 1 N–H and O–H groups in total. The highest BCUT2D eigenvalue weighted by atomic mass is 16.7. The van der Waals surface area contributed by atoms with Crippen LogP contribution in [-0.2, 0) is 9.47 Å². The molecule has 0 radical (unpaired) electrons. The van der Waals surface area contributed by atoms with Crippen molar-refractivity contribution in [3.05, 3.63) is 0 Å². The van der Waals surface area contributed by atoms with Crippen molar-refractivity contribution >= 4 is 0 Å². The third kappa shape index (κ3) is 6.36. The van der Waals surface area contributed by atoms with Gasteiger partial charge in [-0.05, 0) is 46.7 Å². The molecule has 0 aliphatic carbocycles. The zero-order chi connectivity index (χ0) is 12.5. The lowest BCUT2D eigenvalue weighted by Gasteiger charge is -2.24. The van der Waals surface area contributed by atoms with E-state index in [0.717, 1.165) is 13.1 Å². The number of hydrogen-bond acceptors (Lipinski definition) is 4. The molecule has 1 unspecified atom stereocenters. The van der Waals surface area contributed by atoms with Crippen LogP contribution in [0.3, 0.4) is 0 Å². The number of hydrogen-bond donors (Lipinski definition) is 1. The van der Waals surface area contributed by atoms with E-state index in [0.29, 0.717) is 19.3 Å². The highest BCUT2D eigenvalue weighted by molar-refractivity contribution is 4.72. The van der Waals surface area contributed by atoms with Gasteiger partial charge in [-0.15, -0.1) is 0 Å². The van der Waals surface area contributed by atoms with Gasteiger partial charge in [0.15, 0.2) is 6.29 Å². The van der Waals surface area contributed by atoms with Crippen molar-refractivity contribution in [3.63, 3.8) is 0 Å². The molecule has 1 heterocycles. The first kappa shape index (κ1) is 14.9. The maximum absolute atomic E-state index is 5.50. The predicted molar refractivity (Wildman–Crippen MR) is 70.2 cm³/mol. The summed E-state index contributed by atoms with van der Waals surface area (Å²) in [6, 6.07) is 0.497. The molecule has 1 aliphatic heterocycles. The Bertz CT molecular complexity index is 178. The molecule has 0 amide bonds. The molecule has 4 nitrogen and oxygen atoms in total. The largest absolute Gasteiger partial charge is 0.352 e. The van der Waals surface area contributed by atoms with Crippen LogP contribution in [0.1, 0.15) is 33.6 Å². The zero-order valence-electron chi connectivity index (χ0n) is 11.6. The molecule has 17 heavy (non-hydrogen) atoms. The minimum atomic E-state index is -0.106. The van der Waals surface area contributed by atoms with E-state index in [-0.39, 0.29) is 6.29 Å². The summed E-state index contributed by atoms with van der Waals surface area (Å²) >= 11 is 0. The summed E-state index contributed by atoms with van der Waals surface area (Å²) in [6.07, 6.45) is 2.60. The number of rotatable bonds is 9. The third-order valence-corrected chi connectivity index (χ3v) is 3.07. The van der Waals surface area contributed by atoms with E-state index < -0.39 is 0 Å². The van der Waals surface area contributed by atoms with E-state index in [4.69, 9.17) is 9.47 Å². The van der Waals surface area contributed by atoms with Crippen LogP contribution in [0.15, 0.2) is 0 Å². The Labute approximate surface area is 106 Å². The summed E-state index contributed by atoms with van der Waals surface area (Å²) < 4.78 is 11.0. The van der Waals surface area contributed by atoms with Crippen LogP contribution >= 0.6 is 0 Å². The van der Waals surface area contributed by atoms with Crippen molar-refractivity contribution in [2.24, 2.45) is 0 Å². The van der Waals surface area contributed by atoms with E-state index in [1.807, 2.05) is 13.8 Å². The highest BCUT2D eigenvalue weighted by Crippen LogP contribution is 2.07. The molecule has 1 atom stereocenters. The first-order chi connectivity index (χ1) is 8.26. The van der Waals surface area contributed by atoms with Crippen LogP contribution in [0, 0.1) is 0 Å². The van der Waals surface area contributed by atoms with Crippen molar-refractivity contribution in [2.45, 2.75) is 45.9 Å². The van der Waals surface area contributed by atoms with Crippen LogP contribution in [0.25, 0.3) is 0 Å². The van der Waals surface area contributed by atoms with Crippen molar-refractivity contribution < 1.29 is 9.47 Å². The zero-order valence-corrected chi connectivity index (χ0v) is 11.6. The van der Waals surface area contributed by atoms with E-state index in [2.05, 4.69) is 17.1 Å². The third-order valence-electron chi connectivity index (χ3n) is 3.07. The molecule has 0 aromatic carbocycles. The summed E-state index contributed by atoms with van der Waals surface area (Å²) in [7, 11) is 0. The van der Waals surface area contributed by atoms with Gasteiger partial charge in [0.1, 0.15) is 0 Å². The van der Waals surface area contributed by atoms with Crippen molar-refractivity contribution in [1.29, 1.82) is 0 Å². The van der Waals surface area contributed by atoms with E-state index in [1.165, 1.54) is 25.9 Å². The molecule has 0 saturated carbocycles. The normalized spacial score (nSPS) is 19.1. The molecule has 1 rings (SSSR count). The fourth-order valence-electron chi connectivity index (χ4n) is 2.25. The Morgan fingerprint density at radius 3 is 2.24 bits per heavy atom. The molecular formula is C13H28N2O2. The summed E-state index contributed by atoms with van der Waals surface area (Å²) in [6.45, 7) is 12.0. The van der Waals surface area contributed by atoms with Gasteiger partial charge in [-0.3, -0.25) is 0 Å². The lowest BCUT2D eigenvalue weighted by Crippen LogP contribution is -2.42. The second-order valence-electron chi connectivity index (χ2n) is 4.66. The van der Waals surface area contributed by atoms with Gasteiger partial charge in [-0.2, -0.15) is 0 Å². The van der Waals surface area contributed by atoms with Gasteiger partial charge < -0.3 is 19.7 Å². The van der Waals surface area contributed by atoms with Crippen LogP contribution in [0.4, 0.5) is 0 Å². The molecular weight excluding hydrogens is 216 g/mol. The second-order valence-corrected chi connectivity index (χ2v) is 4.66. The van der Waals surface area contributed by atoms with Gasteiger partial charge in [-0.25, -0.2) is 0 Å². The number of nitrogens with one attached hydrogen (secondary N) is 1. The SMILES string of the molecule is CCOC(CNC(C)CN1CCCC1)OCC. The van der Waals surface area contributed by atoms with E-state index in [1.54, 1.807) is 0 Å². The average molecular weight is 244 g/mol. The molecule has 0 bridgehead atoms. The van der Waals surface area contributed by atoms with E-state index in [9.17, 15) is 0 Å². The first-order valence-corrected chi connectivity index (χ1v) is 6.95. The smallest absolute Gasteiger partial charge is 0.169 e. The number of nitrogens with zero attached hydrogens (tertiary/aromatic N) is 1. The molecule has 4 heteroatoms. The van der Waals surface area contributed by atoms with Crippen molar-refractivity contribution in [1.82, 2.24) is 10.2 Å². The molecule has 1 saturated heterocycles. The molecule has 0 aromatic heterocycles. The highest BCUT2D eigenvalue weighted by Gasteiger charge is 2.15. The first-order valence-electron chi connectivity index (χ1n) is 6.95. The van der Waals surface area contributed by atoms with Crippen molar-refractivity contribution in [3.8, 4) is 0 Å². The van der Waals surface area contributed by atoms with Crippen LogP contribution < -0.4 is 5.32 Å². The average Bonchev–Trinajstić information content (AvgIpc) is 2.79. The fraction of sp³-hybridized carbons (Fsp3) is 1.00. The standard InChI is InChI=1S/C13H28N2O2/c1-4-16-13(17-5-2)10-14-12(3)11-15-8-6-7-9-15/h12-14H,4-11H2,1-3H3. The Balaban J connectivity index is 2.13. The molecule has 0 spiro atoms. The second kappa shape index (κ2) is 8.86. The fourth-order valence-corrected chi connectivity index (χ4v) is 2.25.